The van der Waals surface area contributed by atoms with Gasteiger partial charge < -0.3 is 15.0 Å². The summed E-state index contributed by atoms with van der Waals surface area (Å²) in [7, 11) is 0. The first-order valence-electron chi connectivity index (χ1n) is 4.93. The van der Waals surface area contributed by atoms with Crippen molar-refractivity contribution in [1.29, 1.82) is 0 Å². The molecule has 0 aromatic carbocycles. The van der Waals surface area contributed by atoms with E-state index in [1.807, 2.05) is 0 Å². The molecule has 1 aromatic heterocycles. The zero-order valence-corrected chi connectivity index (χ0v) is 8.55. The van der Waals surface area contributed by atoms with Gasteiger partial charge in [-0.05, 0) is 13.8 Å². The Hall–Kier alpha value is -0.940. The van der Waals surface area contributed by atoms with Gasteiger partial charge in [0.2, 0.25) is 0 Å². The predicted molar refractivity (Wildman–Crippen MR) is 51.9 cm³/mol. The molecule has 1 aliphatic rings. The van der Waals surface area contributed by atoms with Crippen molar-refractivity contribution in [2.45, 2.75) is 31.8 Å². The van der Waals surface area contributed by atoms with Gasteiger partial charge in [0.15, 0.2) is 0 Å². The molecular formula is C9H16N4O. The number of ether oxygens (including phenoxy) is 1. The molecule has 2 atom stereocenters. The second-order valence-corrected chi connectivity index (χ2v) is 4.00. The van der Waals surface area contributed by atoms with E-state index in [4.69, 9.17) is 10.5 Å². The normalized spacial score (nSPS) is 27.4. The number of nitrogens with zero attached hydrogens (tertiary/aromatic N) is 3. The second kappa shape index (κ2) is 3.67. The molecule has 2 N–H and O–H groups in total. The van der Waals surface area contributed by atoms with Gasteiger partial charge in [0, 0.05) is 12.1 Å². The van der Waals surface area contributed by atoms with Crippen LogP contribution in [-0.4, -0.2) is 34.0 Å². The SMILES string of the molecule is CC(C)n1cnnc1C1COCC1N. The molecule has 5 nitrogen and oxygen atoms in total. The highest BCUT2D eigenvalue weighted by Gasteiger charge is 2.30. The Morgan fingerprint density at radius 1 is 1.57 bits per heavy atom. The lowest BCUT2D eigenvalue weighted by atomic mass is 10.0. The Morgan fingerprint density at radius 3 is 2.93 bits per heavy atom. The molecule has 5 heteroatoms. The van der Waals surface area contributed by atoms with Crippen LogP contribution in [0.25, 0.3) is 0 Å². The number of aromatic nitrogens is 3. The van der Waals surface area contributed by atoms with E-state index in [0.717, 1.165) is 5.82 Å². The van der Waals surface area contributed by atoms with E-state index < -0.39 is 0 Å². The summed E-state index contributed by atoms with van der Waals surface area (Å²) in [6, 6.07) is 0.421. The molecule has 14 heavy (non-hydrogen) atoms. The van der Waals surface area contributed by atoms with Gasteiger partial charge in [-0.2, -0.15) is 0 Å². The third kappa shape index (κ3) is 1.53. The fourth-order valence-corrected chi connectivity index (χ4v) is 1.75. The minimum atomic E-state index is 0.0525. The van der Waals surface area contributed by atoms with Crippen molar-refractivity contribution >= 4 is 0 Å². The zero-order chi connectivity index (χ0) is 10.1. The summed E-state index contributed by atoms with van der Waals surface area (Å²) in [5, 5.41) is 8.05. The molecule has 0 spiro atoms. The highest BCUT2D eigenvalue weighted by molar-refractivity contribution is 5.04. The summed E-state index contributed by atoms with van der Waals surface area (Å²) < 4.78 is 7.38. The number of hydrogen-bond donors (Lipinski definition) is 1. The van der Waals surface area contributed by atoms with E-state index in [1.54, 1.807) is 6.33 Å². The summed E-state index contributed by atoms with van der Waals surface area (Å²) in [6.45, 7) is 5.49. The van der Waals surface area contributed by atoms with Gasteiger partial charge in [-0.1, -0.05) is 0 Å². The van der Waals surface area contributed by atoms with Crippen LogP contribution in [0.5, 0.6) is 0 Å². The number of rotatable bonds is 2. The topological polar surface area (TPSA) is 66.0 Å². The largest absolute Gasteiger partial charge is 0.379 e. The van der Waals surface area contributed by atoms with Gasteiger partial charge in [-0.15, -0.1) is 10.2 Å². The molecule has 0 amide bonds. The van der Waals surface area contributed by atoms with Crippen molar-refractivity contribution in [1.82, 2.24) is 14.8 Å². The van der Waals surface area contributed by atoms with Crippen LogP contribution in [0, 0.1) is 0 Å². The molecule has 78 valence electrons. The van der Waals surface area contributed by atoms with Crippen molar-refractivity contribution in [2.24, 2.45) is 5.73 Å². The van der Waals surface area contributed by atoms with E-state index in [0.29, 0.717) is 19.3 Å². The van der Waals surface area contributed by atoms with Gasteiger partial charge in [-0.3, -0.25) is 0 Å². The van der Waals surface area contributed by atoms with E-state index in [2.05, 4.69) is 28.6 Å². The van der Waals surface area contributed by atoms with Gasteiger partial charge in [0.25, 0.3) is 0 Å². The molecule has 0 aliphatic carbocycles. The van der Waals surface area contributed by atoms with Crippen molar-refractivity contribution in [3.8, 4) is 0 Å². The van der Waals surface area contributed by atoms with E-state index >= 15 is 0 Å². The third-order valence-corrected chi connectivity index (χ3v) is 2.61. The summed E-state index contributed by atoms with van der Waals surface area (Å²) in [6.07, 6.45) is 1.76. The highest BCUT2D eigenvalue weighted by Crippen LogP contribution is 2.24. The maximum absolute atomic E-state index is 5.93. The molecular weight excluding hydrogens is 180 g/mol. The lowest BCUT2D eigenvalue weighted by Crippen LogP contribution is -2.29. The van der Waals surface area contributed by atoms with Crippen molar-refractivity contribution < 1.29 is 4.74 Å². The standard InChI is InChI=1S/C9H16N4O/c1-6(2)13-5-11-12-9(13)7-3-14-4-8(7)10/h5-8H,3-4,10H2,1-2H3. The van der Waals surface area contributed by atoms with Crippen LogP contribution < -0.4 is 5.73 Å². The maximum Gasteiger partial charge on any atom is 0.140 e. The molecule has 0 saturated carbocycles. The van der Waals surface area contributed by atoms with E-state index in [1.165, 1.54) is 0 Å². The molecule has 2 rings (SSSR count). The Bertz CT molecular complexity index is 310. The van der Waals surface area contributed by atoms with Crippen LogP contribution in [0.4, 0.5) is 0 Å². The summed E-state index contributed by atoms with van der Waals surface area (Å²) >= 11 is 0. The maximum atomic E-state index is 5.93. The fraction of sp³-hybridized carbons (Fsp3) is 0.778. The molecule has 0 radical (unpaired) electrons. The molecule has 1 saturated heterocycles. The smallest absolute Gasteiger partial charge is 0.140 e. The van der Waals surface area contributed by atoms with E-state index in [9.17, 15) is 0 Å². The molecule has 2 unspecified atom stereocenters. The molecule has 1 aromatic rings. The van der Waals surface area contributed by atoms with Crippen LogP contribution >= 0.6 is 0 Å². The van der Waals surface area contributed by atoms with Crippen molar-refractivity contribution in [2.75, 3.05) is 13.2 Å². The van der Waals surface area contributed by atoms with Gasteiger partial charge in [-0.25, -0.2) is 0 Å². The molecule has 1 aliphatic heterocycles. The Morgan fingerprint density at radius 2 is 2.36 bits per heavy atom. The number of nitrogens with two attached hydrogens (primary N) is 1. The van der Waals surface area contributed by atoms with Crippen LogP contribution in [0.15, 0.2) is 6.33 Å². The number of hydrogen-bond acceptors (Lipinski definition) is 4. The highest BCUT2D eigenvalue weighted by atomic mass is 16.5. The predicted octanol–water partition coefficient (Wildman–Crippen LogP) is 0.300. The summed E-state index contributed by atoms with van der Waals surface area (Å²) in [5.41, 5.74) is 5.93. The average molecular weight is 196 g/mol. The van der Waals surface area contributed by atoms with Crippen molar-refractivity contribution in [3.63, 3.8) is 0 Å². The minimum absolute atomic E-state index is 0.0525. The molecule has 0 bridgehead atoms. The van der Waals surface area contributed by atoms with Gasteiger partial charge >= 0.3 is 0 Å². The minimum Gasteiger partial charge on any atom is -0.379 e. The van der Waals surface area contributed by atoms with E-state index in [-0.39, 0.29) is 12.0 Å². The first-order valence-corrected chi connectivity index (χ1v) is 4.93. The van der Waals surface area contributed by atoms with Crippen LogP contribution in [0.2, 0.25) is 0 Å². The second-order valence-electron chi connectivity index (χ2n) is 4.00. The first-order chi connectivity index (χ1) is 6.70. The van der Waals surface area contributed by atoms with Gasteiger partial charge in [0.05, 0.1) is 19.1 Å². The molecule has 1 fully saturated rings. The lowest BCUT2D eigenvalue weighted by Gasteiger charge is -2.16. The van der Waals surface area contributed by atoms with Gasteiger partial charge in [0.1, 0.15) is 12.2 Å². The van der Waals surface area contributed by atoms with Crippen LogP contribution in [-0.2, 0) is 4.74 Å². The summed E-state index contributed by atoms with van der Waals surface area (Å²) in [4.78, 5) is 0. The third-order valence-electron chi connectivity index (χ3n) is 2.61. The summed E-state index contributed by atoms with van der Waals surface area (Å²) in [5.74, 6) is 1.14. The van der Waals surface area contributed by atoms with Crippen LogP contribution in [0.1, 0.15) is 31.6 Å². The zero-order valence-electron chi connectivity index (χ0n) is 8.55. The lowest BCUT2D eigenvalue weighted by molar-refractivity contribution is 0.190. The first kappa shape index (κ1) is 9.61. The van der Waals surface area contributed by atoms with Crippen molar-refractivity contribution in [3.05, 3.63) is 12.2 Å². The average Bonchev–Trinajstić information content (AvgIpc) is 2.70. The molecule has 2 heterocycles. The Kier molecular flexibility index (Phi) is 2.52. The quantitative estimate of drug-likeness (QED) is 0.738. The fourth-order valence-electron chi connectivity index (χ4n) is 1.75. The Balaban J connectivity index is 2.26. The Labute approximate surface area is 83.3 Å². The monoisotopic (exact) mass is 196 g/mol. The van der Waals surface area contributed by atoms with Crippen LogP contribution in [0.3, 0.4) is 0 Å².